The van der Waals surface area contributed by atoms with Gasteiger partial charge < -0.3 is 15.4 Å². The summed E-state index contributed by atoms with van der Waals surface area (Å²) in [5.41, 5.74) is 6.70. The number of carbonyl (C=O) groups is 1. The molecule has 0 radical (unpaired) electrons. The van der Waals surface area contributed by atoms with Crippen LogP contribution in [0.25, 0.3) is 0 Å². The van der Waals surface area contributed by atoms with Crippen LogP contribution in [0.5, 0.6) is 5.75 Å². The smallest absolute Gasteiger partial charge is 0.255 e. The highest BCUT2D eigenvalue weighted by atomic mass is 32.2. The van der Waals surface area contributed by atoms with Gasteiger partial charge >= 0.3 is 0 Å². The number of hydrogen-bond acceptors (Lipinski definition) is 6. The predicted molar refractivity (Wildman–Crippen MR) is 177 cm³/mol. The van der Waals surface area contributed by atoms with E-state index in [-0.39, 0.29) is 11.7 Å². The Balaban J connectivity index is 1.28. The van der Waals surface area contributed by atoms with Gasteiger partial charge in [-0.05, 0) is 72.9 Å². The van der Waals surface area contributed by atoms with Crippen molar-refractivity contribution >= 4 is 29.3 Å². The Hall–Kier alpha value is -4.89. The molecular weight excluding hydrogens is 585 g/mol. The van der Waals surface area contributed by atoms with Crippen molar-refractivity contribution in [3.63, 3.8) is 0 Å². The molecule has 1 aromatic heterocycles. The number of thioether (sulfide) groups is 1. The van der Waals surface area contributed by atoms with Crippen molar-refractivity contribution in [2.24, 2.45) is 0 Å². The van der Waals surface area contributed by atoms with Crippen molar-refractivity contribution in [1.29, 1.82) is 0 Å². The molecule has 45 heavy (non-hydrogen) atoms. The van der Waals surface area contributed by atoms with E-state index in [4.69, 9.17) is 14.8 Å². The van der Waals surface area contributed by atoms with Gasteiger partial charge in [-0.15, -0.1) is 5.10 Å². The highest BCUT2D eigenvalue weighted by molar-refractivity contribution is 7.98. The number of anilines is 2. The van der Waals surface area contributed by atoms with Gasteiger partial charge in [-0.3, -0.25) is 4.79 Å². The highest BCUT2D eigenvalue weighted by Crippen LogP contribution is 2.38. The molecule has 0 spiro atoms. The zero-order valence-corrected chi connectivity index (χ0v) is 26.2. The summed E-state index contributed by atoms with van der Waals surface area (Å²) < 4.78 is 22.1. The minimum absolute atomic E-state index is 0.233. The lowest BCUT2D eigenvalue weighted by Gasteiger charge is -2.29. The molecule has 1 aliphatic rings. The molecule has 2 N–H and O–H groups in total. The number of amides is 1. The molecule has 1 unspecified atom stereocenters. The van der Waals surface area contributed by atoms with E-state index in [1.165, 1.54) is 23.4 Å². The molecule has 0 saturated heterocycles. The molecule has 7 nitrogen and oxygen atoms in total. The first-order valence-electron chi connectivity index (χ1n) is 14.8. The fourth-order valence-corrected chi connectivity index (χ4v) is 6.12. The fourth-order valence-electron chi connectivity index (χ4n) is 5.31. The van der Waals surface area contributed by atoms with E-state index in [0.717, 1.165) is 34.5 Å². The van der Waals surface area contributed by atoms with Gasteiger partial charge in [0, 0.05) is 23.6 Å². The summed E-state index contributed by atoms with van der Waals surface area (Å²) in [5, 5.41) is 11.7. The Morgan fingerprint density at radius 1 is 0.956 bits per heavy atom. The van der Waals surface area contributed by atoms with Crippen LogP contribution in [0.3, 0.4) is 0 Å². The number of nitrogens with zero attached hydrogens (tertiary/aromatic N) is 3. The van der Waals surface area contributed by atoms with E-state index < -0.39 is 6.04 Å². The minimum Gasteiger partial charge on any atom is -0.493 e. The van der Waals surface area contributed by atoms with Crippen LogP contribution in [0.1, 0.15) is 40.8 Å². The van der Waals surface area contributed by atoms with Crippen molar-refractivity contribution in [1.82, 2.24) is 14.8 Å². The van der Waals surface area contributed by atoms with Crippen LogP contribution in [0.15, 0.2) is 113 Å². The summed E-state index contributed by atoms with van der Waals surface area (Å²) in [6.45, 7) is 6.44. The largest absolute Gasteiger partial charge is 0.493 e. The summed E-state index contributed by atoms with van der Waals surface area (Å²) in [7, 11) is 0. The first-order valence-corrected chi connectivity index (χ1v) is 15.8. The van der Waals surface area contributed by atoms with E-state index in [2.05, 4.69) is 22.8 Å². The number of halogens is 1. The first kappa shape index (κ1) is 30.1. The second-order valence-corrected chi connectivity index (χ2v) is 11.9. The Kier molecular flexibility index (Phi) is 8.98. The van der Waals surface area contributed by atoms with Gasteiger partial charge in [-0.1, -0.05) is 84.6 Å². The zero-order valence-electron chi connectivity index (χ0n) is 25.4. The Morgan fingerprint density at radius 3 is 2.49 bits per heavy atom. The molecule has 1 amide bonds. The summed E-state index contributed by atoms with van der Waals surface area (Å²) >= 11 is 1.34. The van der Waals surface area contributed by atoms with Gasteiger partial charge in [0.15, 0.2) is 0 Å². The third-order valence-corrected chi connectivity index (χ3v) is 8.83. The molecule has 0 saturated carbocycles. The van der Waals surface area contributed by atoms with E-state index in [0.29, 0.717) is 40.3 Å². The summed E-state index contributed by atoms with van der Waals surface area (Å²) in [6, 6.07) is 30.0. The van der Waals surface area contributed by atoms with Gasteiger partial charge in [-0.25, -0.2) is 9.07 Å². The average molecular weight is 620 g/mol. The van der Waals surface area contributed by atoms with Gasteiger partial charge in [0.05, 0.1) is 12.2 Å². The number of hydrogen-bond donors (Lipinski definition) is 2. The Morgan fingerprint density at radius 2 is 1.71 bits per heavy atom. The number of ether oxygens (including phenoxy) is 1. The average Bonchev–Trinajstić information content (AvgIpc) is 3.45. The van der Waals surface area contributed by atoms with Crippen molar-refractivity contribution < 1.29 is 13.9 Å². The lowest BCUT2D eigenvalue weighted by molar-refractivity contribution is -0.113. The molecule has 2 heterocycles. The summed E-state index contributed by atoms with van der Waals surface area (Å²) in [5.74, 6) is 1.13. The Labute approximate surface area is 266 Å². The van der Waals surface area contributed by atoms with Crippen LogP contribution in [0, 0.1) is 19.7 Å². The molecule has 228 valence electrons. The number of benzene rings is 4. The molecule has 6 rings (SSSR count). The quantitative estimate of drug-likeness (QED) is 0.155. The van der Waals surface area contributed by atoms with E-state index in [1.54, 1.807) is 16.8 Å². The topological polar surface area (TPSA) is 81.1 Å². The monoisotopic (exact) mass is 619 g/mol. The maximum atomic E-state index is 14.3. The van der Waals surface area contributed by atoms with Crippen molar-refractivity contribution in [2.45, 2.75) is 44.1 Å². The molecule has 1 aliphatic heterocycles. The number of nitrogens with one attached hydrogen (secondary N) is 2. The van der Waals surface area contributed by atoms with Crippen molar-refractivity contribution in [2.75, 3.05) is 17.2 Å². The second-order valence-electron chi connectivity index (χ2n) is 11.0. The van der Waals surface area contributed by atoms with Crippen LogP contribution in [-0.4, -0.2) is 27.3 Å². The highest BCUT2D eigenvalue weighted by Gasteiger charge is 2.34. The third kappa shape index (κ3) is 6.78. The number of allylic oxidation sites excluding steroid dienone is 1. The van der Waals surface area contributed by atoms with E-state index in [9.17, 15) is 9.18 Å². The first-order chi connectivity index (χ1) is 21.9. The number of carbonyl (C=O) groups excluding carboxylic acids is 1. The molecule has 1 atom stereocenters. The third-order valence-electron chi connectivity index (χ3n) is 7.94. The van der Waals surface area contributed by atoms with Gasteiger partial charge in [-0.2, -0.15) is 4.98 Å². The zero-order chi connectivity index (χ0) is 31.3. The molecule has 5 aromatic rings. The van der Waals surface area contributed by atoms with E-state index >= 15 is 0 Å². The standard InChI is InChI=1S/C36H34FN5O2S/c1-23-10-9-15-31(24(23)2)39-34(43)32-25(3)38-35-40-36(45-22-28-13-7-8-14-30(28)37)41-42(35)33(32)27-16-18-29(19-17-27)44-21-20-26-11-5-4-6-12-26/h4-19,33H,20-22H2,1-3H3,(H,39,43)(H,38,40,41). The Bertz CT molecular complexity index is 1850. The lowest BCUT2D eigenvalue weighted by Crippen LogP contribution is -2.31. The predicted octanol–water partition coefficient (Wildman–Crippen LogP) is 7.88. The number of fused-ring (bicyclic) bond motifs is 1. The fraction of sp³-hybridized carbons (Fsp3) is 0.194. The van der Waals surface area contributed by atoms with Gasteiger partial charge in [0.1, 0.15) is 17.6 Å². The van der Waals surface area contributed by atoms with Crippen LogP contribution < -0.4 is 15.4 Å². The molecule has 9 heteroatoms. The normalized spacial score (nSPS) is 14.1. The maximum Gasteiger partial charge on any atom is 0.255 e. The molecule has 4 aromatic carbocycles. The summed E-state index contributed by atoms with van der Waals surface area (Å²) in [4.78, 5) is 18.7. The molecule has 0 bridgehead atoms. The van der Waals surface area contributed by atoms with Gasteiger partial charge in [0.2, 0.25) is 11.1 Å². The molecule has 0 fully saturated rings. The summed E-state index contributed by atoms with van der Waals surface area (Å²) in [6.07, 6.45) is 0.803. The van der Waals surface area contributed by atoms with Crippen LogP contribution >= 0.6 is 11.8 Å². The second kappa shape index (κ2) is 13.4. The SMILES string of the molecule is CC1=C(C(=O)Nc2cccc(C)c2C)C(c2ccc(OCCc3ccccc3)cc2)n2nc(SCc3ccccc3F)nc2N1. The van der Waals surface area contributed by atoms with E-state index in [1.807, 2.05) is 87.5 Å². The number of rotatable bonds is 10. The van der Waals surface area contributed by atoms with Crippen molar-refractivity contribution in [3.8, 4) is 5.75 Å². The number of aromatic nitrogens is 3. The van der Waals surface area contributed by atoms with Crippen LogP contribution in [0.4, 0.5) is 16.0 Å². The number of aryl methyl sites for hydroxylation is 1. The molecular formula is C36H34FN5O2S. The maximum absolute atomic E-state index is 14.3. The van der Waals surface area contributed by atoms with Crippen LogP contribution in [-0.2, 0) is 17.0 Å². The van der Waals surface area contributed by atoms with Gasteiger partial charge in [0.25, 0.3) is 5.91 Å². The molecule has 0 aliphatic carbocycles. The lowest BCUT2D eigenvalue weighted by atomic mass is 9.94. The van der Waals surface area contributed by atoms with Crippen LogP contribution in [0.2, 0.25) is 0 Å². The van der Waals surface area contributed by atoms with Crippen molar-refractivity contribution in [3.05, 3.63) is 142 Å². The minimum atomic E-state index is -0.556.